The Morgan fingerprint density at radius 3 is 2.50 bits per heavy atom. The van der Waals surface area contributed by atoms with Gasteiger partial charge in [-0.15, -0.1) is 5.10 Å². The van der Waals surface area contributed by atoms with Crippen molar-refractivity contribution in [2.45, 2.75) is 71.9 Å². The summed E-state index contributed by atoms with van der Waals surface area (Å²) in [6.07, 6.45) is 6.37. The molecule has 0 radical (unpaired) electrons. The molecule has 1 aliphatic rings. The zero-order chi connectivity index (χ0) is 14.5. The van der Waals surface area contributed by atoms with Gasteiger partial charge in [0.25, 0.3) is 0 Å². The Morgan fingerprint density at radius 2 is 1.90 bits per heavy atom. The van der Waals surface area contributed by atoms with Crippen LogP contribution in [0.2, 0.25) is 0 Å². The lowest BCUT2D eigenvalue weighted by molar-refractivity contribution is 0.245. The molecular formula is C15H29N5. The van der Waals surface area contributed by atoms with Crippen LogP contribution in [0.25, 0.3) is 0 Å². The van der Waals surface area contributed by atoms with Gasteiger partial charge in [0.15, 0.2) is 5.82 Å². The summed E-state index contributed by atoms with van der Waals surface area (Å²) in [6, 6.07) is 0.711. The molecule has 1 saturated carbocycles. The number of hydrogen-bond donors (Lipinski definition) is 1. The second-order valence-corrected chi connectivity index (χ2v) is 6.59. The van der Waals surface area contributed by atoms with Crippen LogP contribution >= 0.6 is 0 Å². The summed E-state index contributed by atoms with van der Waals surface area (Å²) in [4.78, 5) is 0. The first-order chi connectivity index (χ1) is 9.61. The summed E-state index contributed by atoms with van der Waals surface area (Å²) in [5.41, 5.74) is 0. The topological polar surface area (TPSA) is 55.6 Å². The van der Waals surface area contributed by atoms with E-state index in [9.17, 15) is 0 Å². The maximum atomic E-state index is 4.25. The standard InChI is InChI=1S/C15H29N5/c1-5-13-6-8-14(9-7-13)20-15(17-18-19-20)12(4)16-10-11(2)3/h11-14,16H,5-10H2,1-4H3. The van der Waals surface area contributed by atoms with E-state index in [1.807, 2.05) is 0 Å². The molecule has 0 aliphatic heterocycles. The monoisotopic (exact) mass is 279 g/mol. The molecule has 1 heterocycles. The summed E-state index contributed by atoms with van der Waals surface area (Å²) >= 11 is 0. The molecule has 20 heavy (non-hydrogen) atoms. The first-order valence-electron chi connectivity index (χ1n) is 8.12. The highest BCUT2D eigenvalue weighted by Gasteiger charge is 2.25. The van der Waals surface area contributed by atoms with E-state index >= 15 is 0 Å². The smallest absolute Gasteiger partial charge is 0.168 e. The van der Waals surface area contributed by atoms with Crippen molar-refractivity contribution in [3.05, 3.63) is 5.82 Å². The van der Waals surface area contributed by atoms with Gasteiger partial charge >= 0.3 is 0 Å². The maximum absolute atomic E-state index is 4.25. The molecule has 1 atom stereocenters. The van der Waals surface area contributed by atoms with Crippen LogP contribution in [0, 0.1) is 11.8 Å². The van der Waals surface area contributed by atoms with E-state index in [0.717, 1.165) is 18.3 Å². The van der Waals surface area contributed by atoms with Crippen molar-refractivity contribution < 1.29 is 0 Å². The van der Waals surface area contributed by atoms with Gasteiger partial charge in [-0.3, -0.25) is 0 Å². The second kappa shape index (κ2) is 7.16. The van der Waals surface area contributed by atoms with E-state index in [-0.39, 0.29) is 6.04 Å². The van der Waals surface area contributed by atoms with Crippen LogP contribution in [0.15, 0.2) is 0 Å². The van der Waals surface area contributed by atoms with Crippen LogP contribution in [0.1, 0.15) is 77.7 Å². The minimum absolute atomic E-state index is 0.219. The van der Waals surface area contributed by atoms with Gasteiger partial charge in [0, 0.05) is 0 Å². The molecule has 1 fully saturated rings. The Kier molecular flexibility index (Phi) is 5.52. The van der Waals surface area contributed by atoms with Gasteiger partial charge in [-0.05, 0) is 61.4 Å². The number of hydrogen-bond acceptors (Lipinski definition) is 4. The highest BCUT2D eigenvalue weighted by atomic mass is 15.6. The van der Waals surface area contributed by atoms with Crippen LogP contribution in [0.3, 0.4) is 0 Å². The summed E-state index contributed by atoms with van der Waals surface area (Å²) in [5.74, 6) is 2.54. The van der Waals surface area contributed by atoms with Crippen LogP contribution in [0.5, 0.6) is 0 Å². The Hall–Kier alpha value is -0.970. The number of aromatic nitrogens is 4. The molecule has 1 unspecified atom stereocenters. The number of nitrogens with zero attached hydrogens (tertiary/aromatic N) is 4. The lowest BCUT2D eigenvalue weighted by Crippen LogP contribution is -2.28. The summed E-state index contributed by atoms with van der Waals surface area (Å²) in [6.45, 7) is 9.88. The first kappa shape index (κ1) is 15.4. The molecule has 0 bridgehead atoms. The highest BCUT2D eigenvalue weighted by Crippen LogP contribution is 2.34. The van der Waals surface area contributed by atoms with Crippen molar-refractivity contribution in [3.63, 3.8) is 0 Å². The highest BCUT2D eigenvalue weighted by molar-refractivity contribution is 4.93. The minimum Gasteiger partial charge on any atom is -0.307 e. The molecule has 1 aromatic rings. The largest absolute Gasteiger partial charge is 0.307 e. The average Bonchev–Trinajstić information content (AvgIpc) is 2.94. The molecule has 5 nitrogen and oxygen atoms in total. The van der Waals surface area contributed by atoms with E-state index < -0.39 is 0 Å². The number of rotatable bonds is 6. The third-order valence-corrected chi connectivity index (χ3v) is 4.48. The zero-order valence-corrected chi connectivity index (χ0v) is 13.3. The van der Waals surface area contributed by atoms with Crippen molar-refractivity contribution in [1.29, 1.82) is 0 Å². The molecule has 0 aromatic carbocycles. The molecule has 0 saturated heterocycles. The molecule has 0 spiro atoms. The van der Waals surface area contributed by atoms with Crippen molar-refractivity contribution in [1.82, 2.24) is 25.5 Å². The zero-order valence-electron chi connectivity index (χ0n) is 13.3. The fourth-order valence-electron chi connectivity index (χ4n) is 3.05. The van der Waals surface area contributed by atoms with Gasteiger partial charge < -0.3 is 5.32 Å². The molecule has 2 rings (SSSR count). The van der Waals surface area contributed by atoms with Crippen molar-refractivity contribution in [3.8, 4) is 0 Å². The summed E-state index contributed by atoms with van der Waals surface area (Å²) < 4.78 is 2.07. The van der Waals surface area contributed by atoms with Crippen LogP contribution < -0.4 is 5.32 Å². The third-order valence-electron chi connectivity index (χ3n) is 4.48. The molecule has 1 aliphatic carbocycles. The van der Waals surface area contributed by atoms with E-state index in [2.05, 4.69) is 53.2 Å². The molecule has 1 N–H and O–H groups in total. The van der Waals surface area contributed by atoms with Crippen LogP contribution in [-0.2, 0) is 0 Å². The molecule has 0 amide bonds. The fourth-order valence-corrected chi connectivity index (χ4v) is 3.05. The molecular weight excluding hydrogens is 250 g/mol. The van der Waals surface area contributed by atoms with E-state index in [0.29, 0.717) is 12.0 Å². The predicted molar refractivity (Wildman–Crippen MR) is 80.4 cm³/mol. The van der Waals surface area contributed by atoms with Gasteiger partial charge in [0.2, 0.25) is 0 Å². The van der Waals surface area contributed by atoms with E-state index in [4.69, 9.17) is 0 Å². The Morgan fingerprint density at radius 1 is 1.20 bits per heavy atom. The lowest BCUT2D eigenvalue weighted by atomic mass is 9.84. The van der Waals surface area contributed by atoms with Crippen molar-refractivity contribution in [2.24, 2.45) is 11.8 Å². The fraction of sp³-hybridized carbons (Fsp3) is 0.933. The quantitative estimate of drug-likeness (QED) is 0.869. The van der Waals surface area contributed by atoms with Gasteiger partial charge in [0.1, 0.15) is 0 Å². The Balaban J connectivity index is 1.98. The average molecular weight is 279 g/mol. The first-order valence-corrected chi connectivity index (χ1v) is 8.12. The van der Waals surface area contributed by atoms with Crippen LogP contribution in [0.4, 0.5) is 0 Å². The Labute approximate surface area is 122 Å². The Bertz CT molecular complexity index is 393. The maximum Gasteiger partial charge on any atom is 0.168 e. The summed E-state index contributed by atoms with van der Waals surface area (Å²) in [7, 11) is 0. The molecule has 1 aromatic heterocycles. The number of nitrogens with one attached hydrogen (secondary N) is 1. The van der Waals surface area contributed by atoms with Gasteiger partial charge in [-0.1, -0.05) is 27.2 Å². The van der Waals surface area contributed by atoms with Gasteiger partial charge in [-0.25, -0.2) is 4.68 Å². The molecule has 5 heteroatoms. The van der Waals surface area contributed by atoms with Gasteiger partial charge in [0.05, 0.1) is 12.1 Å². The van der Waals surface area contributed by atoms with Crippen LogP contribution in [-0.4, -0.2) is 26.8 Å². The normalized spacial score (nSPS) is 25.1. The van der Waals surface area contributed by atoms with E-state index in [1.54, 1.807) is 0 Å². The predicted octanol–water partition coefficient (Wildman–Crippen LogP) is 3.12. The third kappa shape index (κ3) is 3.78. The minimum atomic E-state index is 0.219. The second-order valence-electron chi connectivity index (χ2n) is 6.59. The van der Waals surface area contributed by atoms with E-state index in [1.165, 1.54) is 32.1 Å². The SMILES string of the molecule is CCC1CCC(n2nnnc2C(C)NCC(C)C)CC1. The van der Waals surface area contributed by atoms with Crippen molar-refractivity contribution >= 4 is 0 Å². The van der Waals surface area contributed by atoms with Gasteiger partial charge in [-0.2, -0.15) is 0 Å². The molecule has 114 valence electrons. The van der Waals surface area contributed by atoms with Crippen molar-refractivity contribution in [2.75, 3.05) is 6.54 Å². The number of tetrazole rings is 1. The summed E-state index contributed by atoms with van der Waals surface area (Å²) in [5, 5.41) is 15.9. The lowest BCUT2D eigenvalue weighted by Gasteiger charge is -2.28.